The molecule has 1 aromatic heterocycles. The number of aryl methyl sites for hydroxylation is 1. The van der Waals surface area contributed by atoms with Gasteiger partial charge in [0.1, 0.15) is 11.9 Å². The van der Waals surface area contributed by atoms with E-state index in [4.69, 9.17) is 4.52 Å². The van der Waals surface area contributed by atoms with Crippen molar-refractivity contribution in [1.82, 2.24) is 15.5 Å². The molecule has 0 radical (unpaired) electrons. The van der Waals surface area contributed by atoms with Gasteiger partial charge in [-0.25, -0.2) is 12.8 Å². The summed E-state index contributed by atoms with van der Waals surface area (Å²) in [5, 5.41) is 6.55. The fourth-order valence-electron chi connectivity index (χ4n) is 3.08. The van der Waals surface area contributed by atoms with Gasteiger partial charge in [-0.2, -0.15) is 4.98 Å². The molecule has 0 saturated heterocycles. The van der Waals surface area contributed by atoms with Crippen molar-refractivity contribution in [3.8, 4) is 11.4 Å². The number of anilines is 1. The summed E-state index contributed by atoms with van der Waals surface area (Å²) in [5.41, 5.74) is 2.07. The van der Waals surface area contributed by atoms with E-state index in [1.807, 2.05) is 31.2 Å². The fourth-order valence-corrected chi connectivity index (χ4v) is 4.29. The van der Waals surface area contributed by atoms with E-state index in [0.717, 1.165) is 33.8 Å². The SMILES string of the molecule is CCC(C(=O)NCc1nc(-c2ccc(C)cc2)no1)N(c1ccc(F)cc1)S(C)(=O)=O. The number of carbonyl (C=O) groups excluding carboxylic acids is 1. The van der Waals surface area contributed by atoms with Crippen LogP contribution in [0.3, 0.4) is 0 Å². The third-order valence-corrected chi connectivity index (χ3v) is 5.78. The Kier molecular flexibility index (Phi) is 6.69. The molecule has 164 valence electrons. The Hall–Kier alpha value is -3.27. The minimum atomic E-state index is -3.81. The molecule has 31 heavy (non-hydrogen) atoms. The van der Waals surface area contributed by atoms with Crippen LogP contribution in [0.4, 0.5) is 10.1 Å². The monoisotopic (exact) mass is 446 g/mol. The zero-order chi connectivity index (χ0) is 22.6. The molecule has 0 spiro atoms. The number of nitrogens with one attached hydrogen (secondary N) is 1. The fraction of sp³-hybridized carbons (Fsp3) is 0.286. The Labute approximate surface area is 180 Å². The standard InChI is InChI=1S/C21H23FN4O4S/c1-4-18(26(31(3,28)29)17-11-9-16(22)10-12-17)21(27)23-13-19-24-20(25-30-19)15-7-5-14(2)6-8-15/h5-12,18H,4,13H2,1-3H3,(H,23,27). The van der Waals surface area contributed by atoms with Gasteiger partial charge in [0.15, 0.2) is 0 Å². The first-order chi connectivity index (χ1) is 14.7. The second-order valence-electron chi connectivity index (χ2n) is 7.05. The number of hydrogen-bond donors (Lipinski definition) is 1. The zero-order valence-electron chi connectivity index (χ0n) is 17.4. The summed E-state index contributed by atoms with van der Waals surface area (Å²) in [5.74, 6) is -0.463. The highest BCUT2D eigenvalue weighted by atomic mass is 32.2. The molecule has 3 rings (SSSR count). The number of carbonyl (C=O) groups is 1. The molecule has 10 heteroatoms. The number of amides is 1. The van der Waals surface area contributed by atoms with Crippen LogP contribution < -0.4 is 9.62 Å². The summed E-state index contributed by atoms with van der Waals surface area (Å²) < 4.78 is 44.2. The molecule has 1 amide bonds. The van der Waals surface area contributed by atoms with E-state index in [-0.39, 0.29) is 24.5 Å². The van der Waals surface area contributed by atoms with Crippen LogP contribution in [-0.4, -0.2) is 36.8 Å². The molecule has 0 saturated carbocycles. The van der Waals surface area contributed by atoms with Crippen molar-refractivity contribution in [2.75, 3.05) is 10.6 Å². The van der Waals surface area contributed by atoms with Gasteiger partial charge in [-0.15, -0.1) is 0 Å². The minimum absolute atomic E-state index is 0.0603. The molecule has 1 atom stereocenters. The largest absolute Gasteiger partial charge is 0.345 e. The van der Waals surface area contributed by atoms with Gasteiger partial charge in [0.25, 0.3) is 0 Å². The van der Waals surface area contributed by atoms with E-state index < -0.39 is 27.8 Å². The summed E-state index contributed by atoms with van der Waals surface area (Å²) in [4.78, 5) is 17.1. The Morgan fingerprint density at radius 3 is 2.39 bits per heavy atom. The first-order valence-corrected chi connectivity index (χ1v) is 11.5. The van der Waals surface area contributed by atoms with Crippen LogP contribution in [-0.2, 0) is 21.4 Å². The molecule has 2 aromatic carbocycles. The average Bonchev–Trinajstić information content (AvgIpc) is 3.20. The van der Waals surface area contributed by atoms with Gasteiger partial charge in [-0.3, -0.25) is 9.10 Å². The van der Waals surface area contributed by atoms with E-state index in [2.05, 4.69) is 15.5 Å². The summed E-state index contributed by atoms with van der Waals surface area (Å²) in [6.45, 7) is 3.60. The van der Waals surface area contributed by atoms with Crippen LogP contribution in [0, 0.1) is 12.7 Å². The third kappa shape index (κ3) is 5.46. The number of halogens is 1. The van der Waals surface area contributed by atoms with Gasteiger partial charge in [-0.05, 0) is 37.6 Å². The molecule has 0 fully saturated rings. The predicted molar refractivity (Wildman–Crippen MR) is 114 cm³/mol. The predicted octanol–water partition coefficient (Wildman–Crippen LogP) is 3.05. The number of sulfonamides is 1. The quantitative estimate of drug-likeness (QED) is 0.570. The highest BCUT2D eigenvalue weighted by molar-refractivity contribution is 7.92. The normalized spacial score (nSPS) is 12.4. The Morgan fingerprint density at radius 1 is 1.16 bits per heavy atom. The Bertz CT molecular complexity index is 1140. The number of rotatable bonds is 8. The molecular formula is C21H23FN4O4S. The number of nitrogens with zero attached hydrogens (tertiary/aromatic N) is 3. The first-order valence-electron chi connectivity index (χ1n) is 9.61. The lowest BCUT2D eigenvalue weighted by atomic mass is 10.1. The van der Waals surface area contributed by atoms with Crippen molar-refractivity contribution < 1.29 is 22.1 Å². The van der Waals surface area contributed by atoms with Crippen molar-refractivity contribution in [3.63, 3.8) is 0 Å². The van der Waals surface area contributed by atoms with Crippen molar-refractivity contribution >= 4 is 21.6 Å². The molecule has 0 aliphatic heterocycles. The van der Waals surface area contributed by atoms with Crippen LogP contribution in [0.2, 0.25) is 0 Å². The summed E-state index contributed by atoms with van der Waals surface area (Å²) in [7, 11) is -3.81. The lowest BCUT2D eigenvalue weighted by molar-refractivity contribution is -0.122. The van der Waals surface area contributed by atoms with Gasteiger partial charge in [0.05, 0.1) is 18.5 Å². The molecule has 1 unspecified atom stereocenters. The summed E-state index contributed by atoms with van der Waals surface area (Å²) in [6.07, 6.45) is 1.20. The van der Waals surface area contributed by atoms with Crippen molar-refractivity contribution in [2.45, 2.75) is 32.9 Å². The van der Waals surface area contributed by atoms with Crippen molar-refractivity contribution in [1.29, 1.82) is 0 Å². The number of hydrogen-bond acceptors (Lipinski definition) is 6. The smallest absolute Gasteiger partial charge is 0.246 e. The second-order valence-corrected chi connectivity index (χ2v) is 8.91. The van der Waals surface area contributed by atoms with Crippen LogP contribution in [0.5, 0.6) is 0 Å². The summed E-state index contributed by atoms with van der Waals surface area (Å²) in [6, 6.07) is 11.5. The molecule has 0 aliphatic rings. The van der Waals surface area contributed by atoms with E-state index in [1.165, 1.54) is 12.1 Å². The maximum absolute atomic E-state index is 13.3. The van der Waals surface area contributed by atoms with Crippen molar-refractivity contribution in [3.05, 3.63) is 65.8 Å². The lowest BCUT2D eigenvalue weighted by Gasteiger charge is -2.29. The summed E-state index contributed by atoms with van der Waals surface area (Å²) >= 11 is 0. The van der Waals surface area contributed by atoms with Crippen LogP contribution in [0.1, 0.15) is 24.8 Å². The van der Waals surface area contributed by atoms with E-state index in [0.29, 0.717) is 5.82 Å². The van der Waals surface area contributed by atoms with E-state index in [1.54, 1.807) is 6.92 Å². The molecule has 8 nitrogen and oxygen atoms in total. The maximum atomic E-state index is 13.3. The first kappa shape index (κ1) is 22.4. The van der Waals surface area contributed by atoms with Gasteiger partial charge in [-0.1, -0.05) is 41.9 Å². The van der Waals surface area contributed by atoms with Gasteiger partial charge in [0.2, 0.25) is 27.6 Å². The molecule has 0 aliphatic carbocycles. The maximum Gasteiger partial charge on any atom is 0.246 e. The number of aromatic nitrogens is 2. The van der Waals surface area contributed by atoms with Gasteiger partial charge in [0, 0.05) is 5.56 Å². The van der Waals surface area contributed by atoms with Gasteiger partial charge < -0.3 is 9.84 Å². The zero-order valence-corrected chi connectivity index (χ0v) is 18.2. The molecule has 3 aromatic rings. The molecule has 0 bridgehead atoms. The second kappa shape index (κ2) is 9.25. The van der Waals surface area contributed by atoms with Crippen molar-refractivity contribution in [2.24, 2.45) is 0 Å². The highest BCUT2D eigenvalue weighted by Crippen LogP contribution is 2.23. The molecule has 1 heterocycles. The van der Waals surface area contributed by atoms with E-state index >= 15 is 0 Å². The number of benzene rings is 2. The Balaban J connectivity index is 1.74. The topological polar surface area (TPSA) is 105 Å². The average molecular weight is 447 g/mol. The van der Waals surface area contributed by atoms with Gasteiger partial charge >= 0.3 is 0 Å². The van der Waals surface area contributed by atoms with Crippen LogP contribution in [0.25, 0.3) is 11.4 Å². The third-order valence-electron chi connectivity index (χ3n) is 4.60. The molecule has 1 N–H and O–H groups in total. The molecular weight excluding hydrogens is 423 g/mol. The minimum Gasteiger partial charge on any atom is -0.345 e. The Morgan fingerprint density at radius 2 is 1.81 bits per heavy atom. The highest BCUT2D eigenvalue weighted by Gasteiger charge is 2.31. The van der Waals surface area contributed by atoms with Crippen LogP contribution in [0.15, 0.2) is 53.1 Å². The van der Waals surface area contributed by atoms with Crippen LogP contribution >= 0.6 is 0 Å². The van der Waals surface area contributed by atoms with E-state index in [9.17, 15) is 17.6 Å². The lowest BCUT2D eigenvalue weighted by Crippen LogP contribution is -2.49.